The molecule has 0 saturated carbocycles. The summed E-state index contributed by atoms with van der Waals surface area (Å²) in [5.41, 5.74) is 6.14. The molecule has 3 aromatic rings. The average molecular weight is 467 g/mol. The van der Waals surface area contributed by atoms with Crippen LogP contribution in [0.2, 0.25) is 0 Å². The fourth-order valence-corrected chi connectivity index (χ4v) is 4.76. The van der Waals surface area contributed by atoms with E-state index in [4.69, 9.17) is 4.74 Å². The van der Waals surface area contributed by atoms with E-state index in [1.165, 1.54) is 12.6 Å². The zero-order valence-electron chi connectivity index (χ0n) is 18.6. The molecule has 0 bridgehead atoms. The molecule has 0 radical (unpaired) electrons. The number of aromatic nitrogens is 3. The number of anilines is 3. The van der Waals surface area contributed by atoms with E-state index < -0.39 is 9.84 Å². The van der Waals surface area contributed by atoms with Crippen LogP contribution < -0.4 is 20.1 Å². The van der Waals surface area contributed by atoms with E-state index in [0.29, 0.717) is 18.2 Å². The first-order valence-corrected chi connectivity index (χ1v) is 12.8. The topological polar surface area (TPSA) is 101 Å². The number of hydrogen-bond acceptors (Lipinski definition) is 9. The molecule has 5 rings (SSSR count). The van der Waals surface area contributed by atoms with Crippen molar-refractivity contribution in [3.05, 3.63) is 60.0 Å². The second-order valence-corrected chi connectivity index (χ2v) is 10.4. The number of aryl methyl sites for hydroxylation is 1. The van der Waals surface area contributed by atoms with Crippen LogP contribution in [0.4, 0.5) is 17.3 Å². The number of ether oxygens (including phenoxy) is 1. The van der Waals surface area contributed by atoms with Gasteiger partial charge in [-0.15, -0.1) is 0 Å². The third-order valence-electron chi connectivity index (χ3n) is 5.97. The number of sulfone groups is 1. The van der Waals surface area contributed by atoms with E-state index in [-0.39, 0.29) is 11.0 Å². The molecule has 1 fully saturated rings. The lowest BCUT2D eigenvalue weighted by molar-refractivity contribution is 0.162. The highest BCUT2D eigenvalue weighted by atomic mass is 32.2. The van der Waals surface area contributed by atoms with E-state index >= 15 is 0 Å². The van der Waals surface area contributed by atoms with E-state index in [1.54, 1.807) is 24.3 Å². The summed E-state index contributed by atoms with van der Waals surface area (Å²) >= 11 is 0. The van der Waals surface area contributed by atoms with E-state index in [9.17, 15) is 8.42 Å². The Balaban J connectivity index is 1.27. The van der Waals surface area contributed by atoms with Gasteiger partial charge in [-0.05, 0) is 42.8 Å². The van der Waals surface area contributed by atoms with Crippen molar-refractivity contribution in [2.45, 2.75) is 37.3 Å². The van der Waals surface area contributed by atoms with Crippen molar-refractivity contribution < 1.29 is 13.2 Å². The Hall–Kier alpha value is -3.24. The molecule has 1 N–H and O–H groups in total. The molecule has 2 aliphatic heterocycles. The van der Waals surface area contributed by atoms with Gasteiger partial charge in [-0.1, -0.05) is 6.07 Å². The molecular weight excluding hydrogens is 440 g/mol. The Kier molecular flexibility index (Phi) is 5.63. The molecule has 33 heavy (non-hydrogen) atoms. The zero-order chi connectivity index (χ0) is 23.0. The van der Waals surface area contributed by atoms with Gasteiger partial charge in [0.2, 0.25) is 5.88 Å². The summed E-state index contributed by atoms with van der Waals surface area (Å²) in [6, 6.07) is 10.9. The minimum absolute atomic E-state index is 0.0776. The van der Waals surface area contributed by atoms with Gasteiger partial charge in [0.1, 0.15) is 18.2 Å². The normalized spacial score (nSPS) is 16.7. The van der Waals surface area contributed by atoms with Gasteiger partial charge in [0, 0.05) is 44.9 Å². The largest absolute Gasteiger partial charge is 0.474 e. The maximum Gasteiger partial charge on any atom is 0.223 e. The van der Waals surface area contributed by atoms with Crippen LogP contribution in [0.15, 0.2) is 53.8 Å². The molecule has 2 aromatic heterocycles. The van der Waals surface area contributed by atoms with Crippen molar-refractivity contribution in [3.8, 4) is 5.88 Å². The Morgan fingerprint density at radius 1 is 1.03 bits per heavy atom. The predicted molar refractivity (Wildman–Crippen MR) is 125 cm³/mol. The quantitative estimate of drug-likeness (QED) is 0.608. The van der Waals surface area contributed by atoms with Crippen LogP contribution in [0.25, 0.3) is 0 Å². The number of nitrogens with zero attached hydrogens (tertiary/aromatic N) is 5. The molecule has 2 aliphatic rings. The Labute approximate surface area is 193 Å². The second-order valence-electron chi connectivity index (χ2n) is 8.42. The van der Waals surface area contributed by atoms with Crippen LogP contribution in [-0.2, 0) is 16.4 Å². The molecule has 9 nitrogen and oxygen atoms in total. The van der Waals surface area contributed by atoms with Crippen LogP contribution in [0.5, 0.6) is 5.88 Å². The van der Waals surface area contributed by atoms with Crippen LogP contribution in [0.1, 0.15) is 24.0 Å². The van der Waals surface area contributed by atoms with Crippen molar-refractivity contribution in [1.82, 2.24) is 20.4 Å². The molecule has 172 valence electrons. The lowest BCUT2D eigenvalue weighted by Gasteiger charge is -2.32. The molecule has 0 unspecified atom stereocenters. The minimum atomic E-state index is -3.24. The van der Waals surface area contributed by atoms with E-state index in [2.05, 4.69) is 37.4 Å². The Morgan fingerprint density at radius 2 is 1.79 bits per heavy atom. The van der Waals surface area contributed by atoms with Crippen LogP contribution in [0.3, 0.4) is 0 Å². The summed E-state index contributed by atoms with van der Waals surface area (Å²) in [6.45, 7) is 4.33. The van der Waals surface area contributed by atoms with Gasteiger partial charge in [-0.2, -0.15) is 0 Å². The van der Waals surface area contributed by atoms with Crippen molar-refractivity contribution >= 4 is 27.2 Å². The number of hydrogen-bond donors (Lipinski definition) is 1. The molecule has 0 atom stereocenters. The summed E-state index contributed by atoms with van der Waals surface area (Å²) < 4.78 is 29.8. The number of fused-ring (bicyclic) bond motifs is 1. The fraction of sp³-hybridized carbons (Fsp3) is 0.348. The third kappa shape index (κ3) is 4.49. The molecule has 0 aliphatic carbocycles. The van der Waals surface area contributed by atoms with Gasteiger partial charge in [-0.3, -0.25) is 5.01 Å². The molecular formula is C23H26N6O3S. The molecule has 10 heteroatoms. The SMILES string of the molecule is Cc1ccc(N2CCC(Oc3ncnc4c3CNN4c3ccc(S(C)(=O)=O)cc3)CC2)nc1. The van der Waals surface area contributed by atoms with Crippen molar-refractivity contribution in [1.29, 1.82) is 0 Å². The maximum atomic E-state index is 11.7. The number of hydrazine groups is 1. The van der Waals surface area contributed by atoms with E-state index in [1.807, 2.05) is 18.1 Å². The van der Waals surface area contributed by atoms with Gasteiger partial charge in [0.05, 0.1) is 16.1 Å². The van der Waals surface area contributed by atoms with Crippen molar-refractivity contribution in [3.63, 3.8) is 0 Å². The Morgan fingerprint density at radius 3 is 2.45 bits per heavy atom. The Bertz CT molecular complexity index is 1240. The lowest BCUT2D eigenvalue weighted by atomic mass is 10.1. The predicted octanol–water partition coefficient (Wildman–Crippen LogP) is 2.79. The lowest BCUT2D eigenvalue weighted by Crippen LogP contribution is -2.38. The first kappa shape index (κ1) is 21.6. The third-order valence-corrected chi connectivity index (χ3v) is 7.10. The molecule has 1 saturated heterocycles. The molecule has 4 heterocycles. The number of rotatable bonds is 5. The number of piperidine rings is 1. The second kappa shape index (κ2) is 8.60. The van der Waals surface area contributed by atoms with Crippen LogP contribution in [-0.4, -0.2) is 48.8 Å². The maximum absolute atomic E-state index is 11.7. The summed E-state index contributed by atoms with van der Waals surface area (Å²) in [5, 5.41) is 1.83. The van der Waals surface area contributed by atoms with Gasteiger partial charge >= 0.3 is 0 Å². The molecule has 1 aromatic carbocycles. The van der Waals surface area contributed by atoms with E-state index in [0.717, 1.165) is 48.6 Å². The first-order chi connectivity index (χ1) is 15.9. The fourth-order valence-electron chi connectivity index (χ4n) is 4.13. The number of pyridine rings is 1. The van der Waals surface area contributed by atoms with Gasteiger partial charge in [-0.25, -0.2) is 28.8 Å². The molecule has 0 spiro atoms. The van der Waals surface area contributed by atoms with Gasteiger partial charge in [0.25, 0.3) is 0 Å². The van der Waals surface area contributed by atoms with Gasteiger partial charge in [0.15, 0.2) is 15.7 Å². The van der Waals surface area contributed by atoms with Crippen molar-refractivity contribution in [2.75, 3.05) is 29.3 Å². The average Bonchev–Trinajstić information content (AvgIpc) is 3.25. The molecule has 0 amide bonds. The summed E-state index contributed by atoms with van der Waals surface area (Å²) in [6.07, 6.45) is 6.45. The van der Waals surface area contributed by atoms with Crippen LogP contribution >= 0.6 is 0 Å². The number of nitrogens with one attached hydrogen (secondary N) is 1. The van der Waals surface area contributed by atoms with Crippen LogP contribution in [0, 0.1) is 6.92 Å². The standard InChI is InChI=1S/C23H26N6O3S/c1-16-3-8-21(24-13-16)28-11-9-18(10-12-28)32-23-20-14-27-29(22(20)25-15-26-23)17-4-6-19(7-5-17)33(2,30)31/h3-8,13,15,18,27H,9-12,14H2,1-2H3. The number of benzene rings is 1. The highest BCUT2D eigenvalue weighted by molar-refractivity contribution is 7.90. The summed E-state index contributed by atoms with van der Waals surface area (Å²) in [4.78, 5) is 15.9. The summed E-state index contributed by atoms with van der Waals surface area (Å²) in [7, 11) is -3.24. The summed E-state index contributed by atoms with van der Waals surface area (Å²) in [5.74, 6) is 2.31. The first-order valence-electron chi connectivity index (χ1n) is 10.9. The smallest absolute Gasteiger partial charge is 0.223 e. The highest BCUT2D eigenvalue weighted by Crippen LogP contribution is 2.35. The van der Waals surface area contributed by atoms with Gasteiger partial charge < -0.3 is 9.64 Å². The minimum Gasteiger partial charge on any atom is -0.474 e. The van der Waals surface area contributed by atoms with Crippen molar-refractivity contribution in [2.24, 2.45) is 0 Å². The highest BCUT2D eigenvalue weighted by Gasteiger charge is 2.29. The monoisotopic (exact) mass is 466 g/mol. The zero-order valence-corrected chi connectivity index (χ0v) is 19.4.